The van der Waals surface area contributed by atoms with Crippen molar-refractivity contribution in [3.8, 4) is 22.9 Å². The largest absolute Gasteiger partial charge is 0.463 e. The van der Waals surface area contributed by atoms with Crippen LogP contribution in [-0.4, -0.2) is 27.5 Å². The number of nitrogens with zero attached hydrogens (tertiary/aromatic N) is 1. The summed E-state index contributed by atoms with van der Waals surface area (Å²) in [5, 5.41) is 0.646. The summed E-state index contributed by atoms with van der Waals surface area (Å²) in [7, 11) is 0. The van der Waals surface area contributed by atoms with Gasteiger partial charge in [-0.3, -0.25) is 0 Å². The predicted molar refractivity (Wildman–Crippen MR) is 147 cm³/mol. The second kappa shape index (κ2) is 10.6. The maximum Gasteiger partial charge on any atom is 0.330 e. The monoisotopic (exact) mass is 527 g/mol. The van der Waals surface area contributed by atoms with E-state index in [1.54, 1.807) is 25.4 Å². The molecule has 0 aliphatic heterocycles. The van der Waals surface area contributed by atoms with E-state index in [4.69, 9.17) is 9.47 Å². The van der Waals surface area contributed by atoms with E-state index in [9.17, 15) is 9.18 Å². The molecule has 0 unspecified atom stereocenters. The number of imidazole rings is 1. The maximum absolute atomic E-state index is 15.2. The fraction of sp³-hybridized carbons (Fsp3) is 0.161. The third-order valence-corrected chi connectivity index (χ3v) is 6.63. The molecule has 8 heteroatoms. The lowest BCUT2D eigenvalue weighted by Gasteiger charge is -2.23. The standard InChI is InChI=1S/C31H27F2N3O3/c1-4-38-28(37)13-11-22-21-14-15-34-26(21)17-25(33)29(22)39-20-10-12-24(32)23(16-20)30-35-18-27(36-30)31(2,3)19-8-6-5-7-9-19/h5-18,34H,4H2,1-3H3,(H,35,36)/b13-11+. The van der Waals surface area contributed by atoms with Gasteiger partial charge in [-0.25, -0.2) is 18.6 Å². The molecule has 2 aromatic heterocycles. The number of benzene rings is 3. The number of aromatic nitrogens is 3. The van der Waals surface area contributed by atoms with Crippen LogP contribution in [0.15, 0.2) is 79.1 Å². The molecule has 39 heavy (non-hydrogen) atoms. The molecule has 0 spiro atoms. The smallest absolute Gasteiger partial charge is 0.330 e. The van der Waals surface area contributed by atoms with E-state index in [0.717, 1.165) is 11.3 Å². The number of hydrogen-bond donors (Lipinski definition) is 2. The molecule has 0 bridgehead atoms. The highest BCUT2D eigenvalue weighted by molar-refractivity contribution is 5.96. The van der Waals surface area contributed by atoms with Gasteiger partial charge in [0.25, 0.3) is 0 Å². The lowest BCUT2D eigenvalue weighted by molar-refractivity contribution is -0.137. The maximum atomic E-state index is 15.2. The minimum Gasteiger partial charge on any atom is -0.463 e. The number of hydrogen-bond acceptors (Lipinski definition) is 4. The lowest BCUT2D eigenvalue weighted by atomic mass is 9.82. The lowest BCUT2D eigenvalue weighted by Crippen LogP contribution is -2.19. The third kappa shape index (κ3) is 5.18. The number of fused-ring (bicyclic) bond motifs is 1. The third-order valence-electron chi connectivity index (χ3n) is 6.63. The van der Waals surface area contributed by atoms with Gasteiger partial charge in [-0.05, 0) is 42.8 Å². The summed E-state index contributed by atoms with van der Waals surface area (Å²) in [5.74, 6) is -1.31. The van der Waals surface area contributed by atoms with Crippen LogP contribution < -0.4 is 4.74 Å². The second-order valence-corrected chi connectivity index (χ2v) is 9.51. The van der Waals surface area contributed by atoms with Crippen molar-refractivity contribution in [2.24, 2.45) is 0 Å². The van der Waals surface area contributed by atoms with Crippen molar-refractivity contribution in [1.29, 1.82) is 0 Å². The first kappa shape index (κ1) is 25.9. The molecular weight excluding hydrogens is 500 g/mol. The van der Waals surface area contributed by atoms with Gasteiger partial charge < -0.3 is 19.4 Å². The zero-order chi connectivity index (χ0) is 27.6. The van der Waals surface area contributed by atoms with Crippen LogP contribution in [0.5, 0.6) is 11.5 Å². The molecule has 0 amide bonds. The van der Waals surface area contributed by atoms with Gasteiger partial charge in [-0.15, -0.1) is 0 Å². The van der Waals surface area contributed by atoms with Crippen LogP contribution in [0.25, 0.3) is 28.4 Å². The summed E-state index contributed by atoms with van der Waals surface area (Å²) in [6.07, 6.45) is 6.01. The summed E-state index contributed by atoms with van der Waals surface area (Å²) in [6, 6.07) is 17.1. The van der Waals surface area contributed by atoms with Crippen LogP contribution in [-0.2, 0) is 14.9 Å². The van der Waals surface area contributed by atoms with E-state index < -0.39 is 23.0 Å². The van der Waals surface area contributed by atoms with E-state index >= 15 is 4.39 Å². The number of esters is 1. The van der Waals surface area contributed by atoms with Crippen LogP contribution in [0.1, 0.15) is 37.6 Å². The highest BCUT2D eigenvalue weighted by atomic mass is 19.1. The molecule has 0 saturated carbocycles. The summed E-state index contributed by atoms with van der Waals surface area (Å²) in [4.78, 5) is 22.6. The molecule has 0 fully saturated rings. The number of ether oxygens (including phenoxy) is 2. The van der Waals surface area contributed by atoms with Crippen molar-refractivity contribution in [1.82, 2.24) is 15.0 Å². The topological polar surface area (TPSA) is 80.0 Å². The molecule has 198 valence electrons. The van der Waals surface area contributed by atoms with Crippen LogP contribution in [0.2, 0.25) is 0 Å². The summed E-state index contributed by atoms with van der Waals surface area (Å²) < 4.78 is 41.1. The van der Waals surface area contributed by atoms with Gasteiger partial charge in [0.1, 0.15) is 17.4 Å². The first-order valence-electron chi connectivity index (χ1n) is 12.5. The number of rotatable bonds is 8. The summed E-state index contributed by atoms with van der Waals surface area (Å²) in [5.41, 5.74) is 2.55. The quantitative estimate of drug-likeness (QED) is 0.161. The number of carbonyl (C=O) groups is 1. The van der Waals surface area contributed by atoms with E-state index in [-0.39, 0.29) is 23.7 Å². The SMILES string of the molecule is CCOC(=O)/C=C/c1c(Oc2ccc(F)c(-c3ncc(C(C)(C)c4ccccc4)[nH]3)c2)c(F)cc2[nH]ccc12. The second-order valence-electron chi connectivity index (χ2n) is 9.51. The Morgan fingerprint density at radius 1 is 1.05 bits per heavy atom. The van der Waals surface area contributed by atoms with Crippen LogP contribution in [0.4, 0.5) is 8.78 Å². The molecule has 2 N–H and O–H groups in total. The predicted octanol–water partition coefficient (Wildman–Crippen LogP) is 7.53. The van der Waals surface area contributed by atoms with Gasteiger partial charge in [0, 0.05) is 52.1 Å². The van der Waals surface area contributed by atoms with Gasteiger partial charge >= 0.3 is 5.97 Å². The van der Waals surface area contributed by atoms with Crippen molar-refractivity contribution in [2.45, 2.75) is 26.2 Å². The Morgan fingerprint density at radius 3 is 2.62 bits per heavy atom. The van der Waals surface area contributed by atoms with Gasteiger partial charge in [-0.2, -0.15) is 0 Å². The van der Waals surface area contributed by atoms with E-state index in [1.807, 2.05) is 30.3 Å². The molecule has 0 radical (unpaired) electrons. The molecule has 5 rings (SSSR count). The van der Waals surface area contributed by atoms with Gasteiger partial charge in [0.05, 0.1) is 12.2 Å². The molecule has 2 heterocycles. The molecule has 0 saturated heterocycles. The number of H-pyrrole nitrogens is 2. The molecule has 5 aromatic rings. The zero-order valence-electron chi connectivity index (χ0n) is 21.7. The van der Waals surface area contributed by atoms with E-state index in [2.05, 4.69) is 28.8 Å². The Bertz CT molecular complexity index is 1670. The first-order valence-corrected chi connectivity index (χ1v) is 12.5. The summed E-state index contributed by atoms with van der Waals surface area (Å²) in [6.45, 7) is 6.02. The normalized spacial score (nSPS) is 11.8. The molecule has 3 aromatic carbocycles. The Balaban J connectivity index is 1.51. The number of nitrogens with one attached hydrogen (secondary N) is 2. The Morgan fingerprint density at radius 2 is 1.85 bits per heavy atom. The van der Waals surface area contributed by atoms with Gasteiger partial charge in [0.2, 0.25) is 0 Å². The first-order chi connectivity index (χ1) is 18.8. The average Bonchev–Trinajstić information content (AvgIpc) is 3.61. The minimum atomic E-state index is -0.649. The minimum absolute atomic E-state index is 0.106. The van der Waals surface area contributed by atoms with Crippen molar-refractivity contribution in [3.05, 3.63) is 108 Å². The average molecular weight is 528 g/mol. The van der Waals surface area contributed by atoms with E-state index in [1.165, 1.54) is 36.4 Å². The molecule has 0 atom stereocenters. The Labute approximate surface area is 224 Å². The number of halogens is 2. The fourth-order valence-electron chi connectivity index (χ4n) is 4.44. The number of carbonyl (C=O) groups excluding carboxylic acids is 1. The van der Waals surface area contributed by atoms with Crippen LogP contribution in [0, 0.1) is 11.6 Å². The van der Waals surface area contributed by atoms with E-state index in [0.29, 0.717) is 22.3 Å². The van der Waals surface area contributed by atoms with Crippen molar-refractivity contribution < 1.29 is 23.0 Å². The molecule has 6 nitrogen and oxygen atoms in total. The highest BCUT2D eigenvalue weighted by Crippen LogP contribution is 2.37. The fourth-order valence-corrected chi connectivity index (χ4v) is 4.44. The van der Waals surface area contributed by atoms with Crippen molar-refractivity contribution >= 4 is 22.9 Å². The highest BCUT2D eigenvalue weighted by Gasteiger charge is 2.26. The van der Waals surface area contributed by atoms with Crippen LogP contribution in [0.3, 0.4) is 0 Å². The summed E-state index contributed by atoms with van der Waals surface area (Å²) >= 11 is 0. The molecule has 0 aliphatic rings. The van der Waals surface area contributed by atoms with Crippen molar-refractivity contribution in [3.63, 3.8) is 0 Å². The zero-order valence-corrected chi connectivity index (χ0v) is 21.7. The Kier molecular flexibility index (Phi) is 7.02. The van der Waals surface area contributed by atoms with Crippen molar-refractivity contribution in [2.75, 3.05) is 6.61 Å². The van der Waals surface area contributed by atoms with Gasteiger partial charge in [0.15, 0.2) is 11.6 Å². The Hall–Kier alpha value is -4.72. The van der Waals surface area contributed by atoms with Gasteiger partial charge in [-0.1, -0.05) is 44.2 Å². The van der Waals surface area contributed by atoms with Crippen LogP contribution >= 0.6 is 0 Å². The molecular formula is C31H27F2N3O3. The molecule has 0 aliphatic carbocycles. The number of aromatic amines is 2.